The summed E-state index contributed by atoms with van der Waals surface area (Å²) in [6, 6.07) is 0. The molecule has 0 aromatic heterocycles. The maximum Gasteiger partial charge on any atom is 0.325 e. The zero-order valence-corrected chi connectivity index (χ0v) is 21.2. The molecule has 0 unspecified atom stereocenters. The number of rotatable bonds is 5. The first-order valence-corrected chi connectivity index (χ1v) is 11.7. The molecule has 1 saturated heterocycles. The van der Waals surface area contributed by atoms with E-state index in [0.29, 0.717) is 12.8 Å². The minimum Gasteiger partial charge on any atom is -0.460 e. The topological polar surface area (TPSA) is 145 Å². The van der Waals surface area contributed by atoms with Crippen molar-refractivity contribution in [1.82, 2.24) is 0 Å². The quantitative estimate of drug-likeness (QED) is 0.301. The first-order chi connectivity index (χ1) is 15.4. The predicted octanol–water partition coefficient (Wildman–Crippen LogP) is 1.42. The van der Waals surface area contributed by atoms with Gasteiger partial charge in [-0.1, -0.05) is 26.8 Å². The summed E-state index contributed by atoms with van der Waals surface area (Å²) in [7, 11) is 0. The Morgan fingerprint density at radius 1 is 1.26 bits per heavy atom. The van der Waals surface area contributed by atoms with E-state index >= 15 is 0 Å². The van der Waals surface area contributed by atoms with Gasteiger partial charge in [0.1, 0.15) is 17.2 Å². The third kappa shape index (κ3) is 3.38. The lowest BCUT2D eigenvalue weighted by atomic mass is 9.39. The van der Waals surface area contributed by atoms with Crippen LogP contribution in [0.5, 0.6) is 0 Å². The summed E-state index contributed by atoms with van der Waals surface area (Å²) in [5.74, 6) is -2.05. The van der Waals surface area contributed by atoms with Crippen LogP contribution in [0.1, 0.15) is 67.7 Å². The van der Waals surface area contributed by atoms with Crippen molar-refractivity contribution in [3.8, 4) is 0 Å². The van der Waals surface area contributed by atoms with Gasteiger partial charge in [-0.3, -0.25) is 14.4 Å². The second-order valence-corrected chi connectivity index (χ2v) is 12.1. The van der Waals surface area contributed by atoms with Gasteiger partial charge < -0.3 is 30.2 Å². The summed E-state index contributed by atoms with van der Waals surface area (Å²) in [4.78, 5) is 38.3. The van der Waals surface area contributed by atoms with E-state index in [1.54, 1.807) is 13.8 Å². The van der Waals surface area contributed by atoms with E-state index in [0.717, 1.165) is 0 Å². The fourth-order valence-electron chi connectivity index (χ4n) is 7.01. The van der Waals surface area contributed by atoms with Gasteiger partial charge in [0, 0.05) is 17.8 Å². The molecule has 8 atom stereocenters. The molecule has 3 fully saturated rings. The van der Waals surface area contributed by atoms with Crippen molar-refractivity contribution in [2.75, 3.05) is 0 Å². The van der Waals surface area contributed by atoms with Crippen molar-refractivity contribution in [3.05, 3.63) is 12.7 Å². The number of esters is 1. The van der Waals surface area contributed by atoms with Crippen LogP contribution < -0.4 is 5.73 Å². The van der Waals surface area contributed by atoms with Crippen LogP contribution in [-0.2, 0) is 28.6 Å². The SMILES string of the molecule is C=C[C@@]1(C)CC(=O)[C@]2(O)[C@@]3(C)[C@@H](OC(=O)C(C)(C)N)CCC(C)(C)[C@@H]3[C@H](O)[C@H](OC=O)[C@@]2(C)O1. The highest BCUT2D eigenvalue weighted by Crippen LogP contribution is 2.67. The predicted molar refractivity (Wildman–Crippen MR) is 122 cm³/mol. The zero-order chi connectivity index (χ0) is 26.1. The van der Waals surface area contributed by atoms with Gasteiger partial charge in [-0.2, -0.15) is 0 Å². The Morgan fingerprint density at radius 2 is 1.85 bits per heavy atom. The molecular weight excluding hydrogens is 442 g/mol. The van der Waals surface area contributed by atoms with E-state index in [1.807, 2.05) is 13.8 Å². The molecule has 34 heavy (non-hydrogen) atoms. The minimum absolute atomic E-state index is 0.181. The highest BCUT2D eigenvalue weighted by Gasteiger charge is 2.82. The number of aliphatic hydroxyl groups is 2. The summed E-state index contributed by atoms with van der Waals surface area (Å²) in [5, 5.41) is 24.2. The molecule has 9 heteroatoms. The van der Waals surface area contributed by atoms with Crippen molar-refractivity contribution in [1.29, 1.82) is 0 Å². The molecule has 2 aliphatic carbocycles. The molecule has 4 N–H and O–H groups in total. The fraction of sp³-hybridized carbons (Fsp3) is 0.800. The normalized spacial score (nSPS) is 46.0. The molecule has 0 aromatic carbocycles. The number of carbonyl (C=O) groups excluding carboxylic acids is 3. The molecule has 0 aromatic rings. The Labute approximate surface area is 201 Å². The van der Waals surface area contributed by atoms with Crippen LogP contribution in [0.2, 0.25) is 0 Å². The number of aliphatic hydroxyl groups excluding tert-OH is 1. The molecule has 0 radical (unpaired) electrons. The van der Waals surface area contributed by atoms with Gasteiger partial charge >= 0.3 is 5.97 Å². The van der Waals surface area contributed by atoms with Gasteiger partial charge in [-0.25, -0.2) is 0 Å². The monoisotopic (exact) mass is 481 g/mol. The Morgan fingerprint density at radius 3 is 2.35 bits per heavy atom. The van der Waals surface area contributed by atoms with Crippen LogP contribution in [0, 0.1) is 16.7 Å². The Hall–Kier alpha value is -1.81. The summed E-state index contributed by atoms with van der Waals surface area (Å²) in [5.41, 5.74) is -2.77. The van der Waals surface area contributed by atoms with Crippen LogP contribution in [0.4, 0.5) is 0 Å². The molecule has 0 amide bonds. The van der Waals surface area contributed by atoms with E-state index in [4.69, 9.17) is 19.9 Å². The standard InChI is InChI=1S/C25H39NO8/c1-9-22(6)12-14(28)25(31)23(7)15(33-19(30)21(4,5)26)10-11-20(2,3)17(23)16(29)18(32-13-27)24(25,8)34-22/h9,13,15-18,29,31H,1,10-12,26H2,2-8H3/t15-,16-,17-,18-,22-,23-,24+,25-/m0/s1. The average molecular weight is 482 g/mol. The number of nitrogens with two attached hydrogens (primary N) is 1. The molecule has 2 saturated carbocycles. The number of hydrogen-bond acceptors (Lipinski definition) is 9. The van der Waals surface area contributed by atoms with Crippen molar-refractivity contribution in [2.24, 2.45) is 22.5 Å². The lowest BCUT2D eigenvalue weighted by Crippen LogP contribution is -2.86. The third-order valence-electron chi connectivity index (χ3n) is 8.67. The van der Waals surface area contributed by atoms with Crippen molar-refractivity contribution < 1.29 is 38.8 Å². The van der Waals surface area contributed by atoms with Gasteiger partial charge in [-0.15, -0.1) is 6.58 Å². The van der Waals surface area contributed by atoms with Crippen LogP contribution in [0.15, 0.2) is 12.7 Å². The molecule has 1 aliphatic heterocycles. The summed E-state index contributed by atoms with van der Waals surface area (Å²) >= 11 is 0. The molecule has 1 heterocycles. The van der Waals surface area contributed by atoms with Crippen LogP contribution in [-0.4, -0.2) is 69.1 Å². The number of carbonyl (C=O) groups is 3. The van der Waals surface area contributed by atoms with Gasteiger partial charge in [0.05, 0.1) is 11.7 Å². The highest BCUT2D eigenvalue weighted by molar-refractivity contribution is 5.92. The van der Waals surface area contributed by atoms with Gasteiger partial charge in [-0.05, 0) is 46.0 Å². The number of Topliss-reactive ketones (excluding diaryl/α,β-unsaturated/α-hetero) is 1. The van der Waals surface area contributed by atoms with Gasteiger partial charge in [0.15, 0.2) is 17.5 Å². The van der Waals surface area contributed by atoms with Gasteiger partial charge in [0.25, 0.3) is 6.47 Å². The largest absolute Gasteiger partial charge is 0.460 e. The van der Waals surface area contributed by atoms with Crippen molar-refractivity contribution in [2.45, 2.75) is 108 Å². The molecule has 3 rings (SSSR count). The maximum absolute atomic E-state index is 13.9. The van der Waals surface area contributed by atoms with E-state index in [2.05, 4.69) is 6.58 Å². The maximum atomic E-state index is 13.9. The zero-order valence-electron chi connectivity index (χ0n) is 21.2. The van der Waals surface area contributed by atoms with Gasteiger partial charge in [0.2, 0.25) is 0 Å². The number of ether oxygens (including phenoxy) is 3. The third-order valence-corrected chi connectivity index (χ3v) is 8.67. The van der Waals surface area contributed by atoms with Crippen molar-refractivity contribution >= 4 is 18.2 Å². The molecule has 3 aliphatic rings. The van der Waals surface area contributed by atoms with E-state index in [9.17, 15) is 24.6 Å². The number of ketones is 1. The Balaban J connectivity index is 2.31. The van der Waals surface area contributed by atoms with E-state index in [-0.39, 0.29) is 12.9 Å². The average Bonchev–Trinajstić information content (AvgIpc) is 2.70. The second kappa shape index (κ2) is 7.85. The van der Waals surface area contributed by atoms with Crippen LogP contribution >= 0.6 is 0 Å². The lowest BCUT2D eigenvalue weighted by molar-refractivity contribution is -0.370. The number of fused-ring (bicyclic) bond motifs is 3. The second-order valence-electron chi connectivity index (χ2n) is 12.1. The first-order valence-electron chi connectivity index (χ1n) is 11.7. The molecular formula is C25H39NO8. The molecule has 0 spiro atoms. The smallest absolute Gasteiger partial charge is 0.325 e. The minimum atomic E-state index is -2.28. The van der Waals surface area contributed by atoms with E-state index < -0.39 is 69.2 Å². The molecule has 0 bridgehead atoms. The van der Waals surface area contributed by atoms with E-state index in [1.165, 1.54) is 26.8 Å². The summed E-state index contributed by atoms with van der Waals surface area (Å²) in [6.07, 6.45) is -1.55. The fourth-order valence-corrected chi connectivity index (χ4v) is 7.01. The van der Waals surface area contributed by atoms with Crippen LogP contribution in [0.3, 0.4) is 0 Å². The molecule has 9 nitrogen and oxygen atoms in total. The van der Waals surface area contributed by atoms with Crippen molar-refractivity contribution in [3.63, 3.8) is 0 Å². The lowest BCUT2D eigenvalue weighted by Gasteiger charge is -2.71. The molecule has 192 valence electrons. The number of hydrogen-bond donors (Lipinski definition) is 3. The first kappa shape index (κ1) is 26.8. The summed E-state index contributed by atoms with van der Waals surface area (Å²) < 4.78 is 17.6. The van der Waals surface area contributed by atoms with Crippen LogP contribution in [0.25, 0.3) is 0 Å². The Kier molecular flexibility index (Phi) is 6.18. The Bertz CT molecular complexity index is 896. The highest BCUT2D eigenvalue weighted by atomic mass is 16.6. The summed E-state index contributed by atoms with van der Waals surface area (Å²) in [6.45, 7) is 15.5.